The summed E-state index contributed by atoms with van der Waals surface area (Å²) in [5.74, 6) is -0.493. The third-order valence-corrected chi connectivity index (χ3v) is 32.8. The SMILES string of the molecule is CCCC[Si](CCCC)(CCCC)c1cccc([P+](NP(c2ccccc2F)c2ccccc2F)(c2cccc([Si](CCCC)(CCCC)CCCC)c2)C2CCCCC2)c1. The van der Waals surface area contributed by atoms with Crippen molar-refractivity contribution in [1.82, 2.24) is 4.86 Å². The zero-order chi connectivity index (χ0) is 43.6. The van der Waals surface area contributed by atoms with Gasteiger partial charge in [-0.1, -0.05) is 220 Å². The predicted molar refractivity (Wildman–Crippen MR) is 277 cm³/mol. The molecule has 4 aromatic carbocycles. The molecule has 1 N–H and O–H groups in total. The largest absolute Gasteiger partial charge is 0.206 e. The van der Waals surface area contributed by atoms with Crippen molar-refractivity contribution in [3.8, 4) is 0 Å². The summed E-state index contributed by atoms with van der Waals surface area (Å²) >= 11 is 0. The van der Waals surface area contributed by atoms with Gasteiger partial charge in [0.2, 0.25) is 0 Å². The standard InChI is InChI=1S/C54H82F2NP2Si2/c1-7-13-38-60(39-14-8-2,40-15-9-3)49-32-26-30-47(44-49)59(46-28-20-19-21-29-46,57-58(53-36-24-22-34-51(53)55)54-37-25-23-35-52(54)56)48-31-27-33-50(45-48)61(41-16-10-4,42-17-11-5)43-18-12-6/h22-27,30-37,44-46,57H,7-21,28-29,38-43H2,1-6H3/q+1. The maximum atomic E-state index is 16.5. The molecule has 4 aromatic rings. The van der Waals surface area contributed by atoms with Gasteiger partial charge >= 0.3 is 0 Å². The number of benzene rings is 4. The van der Waals surface area contributed by atoms with E-state index in [2.05, 4.69) is 94.9 Å². The van der Waals surface area contributed by atoms with Gasteiger partial charge in [-0.3, -0.25) is 0 Å². The van der Waals surface area contributed by atoms with E-state index in [1.807, 2.05) is 24.3 Å². The minimum Gasteiger partial charge on any atom is -0.206 e. The molecule has 0 atom stereocenters. The first kappa shape index (κ1) is 50.0. The van der Waals surface area contributed by atoms with E-state index in [9.17, 15) is 0 Å². The van der Waals surface area contributed by atoms with Crippen LogP contribution in [0.2, 0.25) is 36.3 Å². The van der Waals surface area contributed by atoms with Crippen molar-refractivity contribution in [3.63, 3.8) is 0 Å². The fraction of sp³-hybridized carbons (Fsp3) is 0.556. The summed E-state index contributed by atoms with van der Waals surface area (Å²) in [5.41, 5.74) is 0.381. The van der Waals surface area contributed by atoms with Crippen molar-refractivity contribution >= 4 is 63.2 Å². The third-order valence-electron chi connectivity index (χ3n) is 14.4. The minimum absolute atomic E-state index is 0.246. The average molecular weight is 901 g/mol. The summed E-state index contributed by atoms with van der Waals surface area (Å²) in [4.78, 5) is 4.53. The van der Waals surface area contributed by atoms with Crippen LogP contribution in [-0.4, -0.2) is 21.8 Å². The fourth-order valence-corrected chi connectivity index (χ4v) is 30.8. The lowest BCUT2D eigenvalue weighted by atomic mass is 10.0. The summed E-state index contributed by atoms with van der Waals surface area (Å²) in [6.45, 7) is 14.2. The molecule has 0 saturated heterocycles. The second-order valence-corrected chi connectivity index (χ2v) is 33.6. The molecule has 0 aliphatic heterocycles. The van der Waals surface area contributed by atoms with Gasteiger partial charge in [0.05, 0.1) is 29.9 Å². The van der Waals surface area contributed by atoms with E-state index in [4.69, 9.17) is 0 Å². The molecule has 0 spiro atoms. The normalized spacial score (nSPS) is 14.2. The Bertz CT molecular complexity index is 1710. The average Bonchev–Trinajstić information content (AvgIpc) is 3.30. The smallest absolute Gasteiger partial charge is 0.153 e. The molecule has 61 heavy (non-hydrogen) atoms. The van der Waals surface area contributed by atoms with Gasteiger partial charge < -0.3 is 0 Å². The number of halogens is 2. The molecule has 0 bridgehead atoms. The minimum atomic E-state index is -2.56. The second-order valence-electron chi connectivity index (χ2n) is 18.6. The van der Waals surface area contributed by atoms with Crippen LogP contribution >= 0.6 is 15.5 Å². The van der Waals surface area contributed by atoms with Crippen LogP contribution in [0.15, 0.2) is 97.1 Å². The quantitative estimate of drug-likeness (QED) is 0.0464. The molecule has 1 fully saturated rings. The zero-order valence-electron chi connectivity index (χ0n) is 39.2. The summed E-state index contributed by atoms with van der Waals surface area (Å²) in [6.07, 6.45) is 21.1. The van der Waals surface area contributed by atoms with E-state index < -0.39 is 31.6 Å². The Balaban J connectivity index is 1.90. The molecule has 0 unspecified atom stereocenters. The fourth-order valence-electron chi connectivity index (χ4n) is 10.7. The summed E-state index contributed by atoms with van der Waals surface area (Å²) in [7, 11) is -7.94. The highest BCUT2D eigenvalue weighted by Crippen LogP contribution is 2.65. The molecule has 334 valence electrons. The number of rotatable bonds is 27. The highest BCUT2D eigenvalue weighted by Gasteiger charge is 2.54. The van der Waals surface area contributed by atoms with Crippen molar-refractivity contribution in [2.45, 2.75) is 193 Å². The number of hydrogen-bond acceptors (Lipinski definition) is 1. The van der Waals surface area contributed by atoms with Crippen LogP contribution in [0.3, 0.4) is 0 Å². The molecular weight excluding hydrogens is 819 g/mol. The Kier molecular flexibility index (Phi) is 20.9. The lowest BCUT2D eigenvalue weighted by Gasteiger charge is -2.41. The van der Waals surface area contributed by atoms with E-state index >= 15 is 8.78 Å². The number of unbranched alkanes of at least 4 members (excludes halogenated alkanes) is 6. The monoisotopic (exact) mass is 901 g/mol. The number of hydrogen-bond donors (Lipinski definition) is 1. The Morgan fingerprint density at radius 2 is 0.852 bits per heavy atom. The van der Waals surface area contributed by atoms with Gasteiger partial charge in [-0.25, -0.2) is 8.78 Å². The van der Waals surface area contributed by atoms with Crippen LogP contribution in [0, 0.1) is 11.6 Å². The van der Waals surface area contributed by atoms with Crippen molar-refractivity contribution < 1.29 is 8.78 Å². The highest BCUT2D eigenvalue weighted by molar-refractivity contribution is 7.96. The Morgan fingerprint density at radius 1 is 0.492 bits per heavy atom. The van der Waals surface area contributed by atoms with Gasteiger partial charge in [-0.15, -0.1) is 0 Å². The van der Waals surface area contributed by atoms with Crippen molar-refractivity contribution in [1.29, 1.82) is 0 Å². The number of nitrogens with one attached hydrogen (secondary N) is 1. The van der Waals surface area contributed by atoms with Crippen molar-refractivity contribution in [2.24, 2.45) is 0 Å². The molecule has 0 aromatic heterocycles. The van der Waals surface area contributed by atoms with E-state index in [0.717, 1.165) is 12.8 Å². The molecule has 1 nitrogen and oxygen atoms in total. The van der Waals surface area contributed by atoms with Crippen molar-refractivity contribution in [3.05, 3.63) is 109 Å². The first-order valence-electron chi connectivity index (χ1n) is 25.0. The maximum Gasteiger partial charge on any atom is 0.153 e. The molecule has 1 aliphatic carbocycles. The lowest BCUT2D eigenvalue weighted by molar-refractivity contribution is 0.509. The van der Waals surface area contributed by atoms with Crippen LogP contribution in [0.25, 0.3) is 0 Å². The lowest BCUT2D eigenvalue weighted by Crippen LogP contribution is -2.51. The summed E-state index contributed by atoms with van der Waals surface area (Å²) in [6, 6.07) is 42.8. The van der Waals surface area contributed by atoms with Gasteiger partial charge in [0.15, 0.2) is 7.41 Å². The Hall–Kier alpha value is -2.01. The van der Waals surface area contributed by atoms with E-state index in [1.165, 1.54) is 143 Å². The Morgan fingerprint density at radius 3 is 1.20 bits per heavy atom. The van der Waals surface area contributed by atoms with Crippen LogP contribution in [-0.2, 0) is 0 Å². The van der Waals surface area contributed by atoms with Crippen molar-refractivity contribution in [2.75, 3.05) is 0 Å². The molecule has 7 heteroatoms. The van der Waals surface area contributed by atoms with Crippen LogP contribution in [0.5, 0.6) is 0 Å². The molecule has 1 saturated carbocycles. The summed E-state index contributed by atoms with van der Waals surface area (Å²) in [5, 5.41) is 7.34. The molecule has 0 radical (unpaired) electrons. The van der Waals surface area contributed by atoms with Crippen LogP contribution < -0.4 is 36.4 Å². The maximum absolute atomic E-state index is 16.5. The molecule has 1 aliphatic rings. The third kappa shape index (κ3) is 12.4. The van der Waals surface area contributed by atoms with E-state index in [0.29, 0.717) is 16.3 Å². The van der Waals surface area contributed by atoms with Crippen LogP contribution in [0.1, 0.15) is 151 Å². The Labute approximate surface area is 376 Å². The van der Waals surface area contributed by atoms with Gasteiger partial charge in [0, 0.05) is 10.6 Å². The first-order valence-corrected chi connectivity index (χ1v) is 33.4. The molecule has 0 amide bonds. The van der Waals surface area contributed by atoms with Gasteiger partial charge in [0.25, 0.3) is 0 Å². The predicted octanol–water partition coefficient (Wildman–Crippen LogP) is 14.9. The second kappa shape index (κ2) is 25.5. The van der Waals surface area contributed by atoms with Gasteiger partial charge in [-0.2, -0.15) is 4.86 Å². The van der Waals surface area contributed by atoms with Crippen LogP contribution in [0.4, 0.5) is 8.78 Å². The first-order chi connectivity index (χ1) is 29.8. The summed E-state index contributed by atoms with van der Waals surface area (Å²) < 4.78 is 33.0. The highest BCUT2D eigenvalue weighted by atomic mass is 31.2. The van der Waals surface area contributed by atoms with E-state index in [-0.39, 0.29) is 11.6 Å². The topological polar surface area (TPSA) is 12.0 Å². The molecule has 5 rings (SSSR count). The van der Waals surface area contributed by atoms with Gasteiger partial charge in [0.1, 0.15) is 22.2 Å². The van der Waals surface area contributed by atoms with Gasteiger partial charge in [-0.05, 0) is 74.2 Å². The zero-order valence-corrected chi connectivity index (χ0v) is 43.0. The molecular formula is C54H82F2NP2Si2+. The molecule has 0 heterocycles. The van der Waals surface area contributed by atoms with E-state index in [1.54, 1.807) is 34.6 Å².